The zero-order valence-corrected chi connectivity index (χ0v) is 18.6. The van der Waals surface area contributed by atoms with Crippen molar-refractivity contribution < 1.29 is 12.4 Å². The minimum atomic E-state index is -1.94. The van der Waals surface area contributed by atoms with Crippen molar-refractivity contribution in [3.05, 3.63) is 127 Å². The van der Waals surface area contributed by atoms with Crippen LogP contribution >= 0.6 is 7.26 Å². The number of rotatable bonds is 5. The molecule has 4 heteroatoms. The van der Waals surface area contributed by atoms with E-state index in [2.05, 4.69) is 108 Å². The van der Waals surface area contributed by atoms with Gasteiger partial charge in [0.15, 0.2) is 0 Å². The Morgan fingerprint density at radius 3 is 1.55 bits per heavy atom. The van der Waals surface area contributed by atoms with Gasteiger partial charge in [0.25, 0.3) is 0 Å². The first kappa shape index (κ1) is 21.2. The van der Waals surface area contributed by atoms with Crippen LogP contribution in [0.3, 0.4) is 0 Å². The van der Waals surface area contributed by atoms with Gasteiger partial charge >= 0.3 is 0 Å². The molecule has 2 heterocycles. The van der Waals surface area contributed by atoms with E-state index < -0.39 is 7.26 Å². The third-order valence-corrected chi connectivity index (χ3v) is 9.84. The standard InChI is InChI=1S/C27H22N2P.ClH/c1-4-11-23(12-5-1)30(24-13-6-2-7-14-24,25-15-8-3-9-16-25)21-22-18-19-26-27(29-22)17-10-20-28-26;/h1-20H,21H2;1H/q+1;/p-1. The van der Waals surface area contributed by atoms with Crippen molar-refractivity contribution in [3.8, 4) is 0 Å². The van der Waals surface area contributed by atoms with Gasteiger partial charge in [0.1, 0.15) is 29.3 Å². The van der Waals surface area contributed by atoms with E-state index in [9.17, 15) is 0 Å². The summed E-state index contributed by atoms with van der Waals surface area (Å²) in [5.74, 6) is 0. The van der Waals surface area contributed by atoms with E-state index in [1.54, 1.807) is 0 Å². The Bertz CT molecular complexity index is 1170. The summed E-state index contributed by atoms with van der Waals surface area (Å²) in [5.41, 5.74) is 2.98. The second kappa shape index (κ2) is 9.39. The largest absolute Gasteiger partial charge is 1.00 e. The summed E-state index contributed by atoms with van der Waals surface area (Å²) < 4.78 is 0. The Morgan fingerprint density at radius 1 is 0.516 bits per heavy atom. The van der Waals surface area contributed by atoms with Crippen LogP contribution in [0, 0.1) is 0 Å². The molecule has 0 spiro atoms. The second-order valence-electron chi connectivity index (χ2n) is 7.32. The first-order valence-corrected chi connectivity index (χ1v) is 12.1. The van der Waals surface area contributed by atoms with Crippen molar-refractivity contribution in [2.45, 2.75) is 6.16 Å². The van der Waals surface area contributed by atoms with E-state index in [0.717, 1.165) is 22.9 Å². The molecule has 5 rings (SSSR count). The number of aromatic nitrogens is 2. The molecule has 31 heavy (non-hydrogen) atoms. The molecular formula is C27H22ClN2P. The number of halogens is 1. The van der Waals surface area contributed by atoms with Gasteiger partial charge in [-0.3, -0.25) is 4.98 Å². The van der Waals surface area contributed by atoms with E-state index >= 15 is 0 Å². The number of hydrogen-bond acceptors (Lipinski definition) is 2. The van der Waals surface area contributed by atoms with Crippen LogP contribution in [0.15, 0.2) is 121 Å². The lowest BCUT2D eigenvalue weighted by Gasteiger charge is -2.27. The molecule has 2 nitrogen and oxygen atoms in total. The van der Waals surface area contributed by atoms with Crippen LogP contribution in [0.2, 0.25) is 0 Å². The molecule has 0 fully saturated rings. The average molecular weight is 441 g/mol. The first-order valence-electron chi connectivity index (χ1n) is 10.1. The molecule has 3 aromatic carbocycles. The van der Waals surface area contributed by atoms with E-state index in [1.165, 1.54) is 15.9 Å². The Morgan fingerprint density at radius 2 is 1.03 bits per heavy atom. The van der Waals surface area contributed by atoms with Gasteiger partial charge in [0, 0.05) is 6.20 Å². The monoisotopic (exact) mass is 440 g/mol. The van der Waals surface area contributed by atoms with Crippen LogP contribution in [0.25, 0.3) is 11.0 Å². The van der Waals surface area contributed by atoms with Crippen LogP contribution in [-0.4, -0.2) is 9.97 Å². The van der Waals surface area contributed by atoms with Gasteiger partial charge in [-0.1, -0.05) is 54.6 Å². The predicted molar refractivity (Wildman–Crippen MR) is 128 cm³/mol. The maximum Gasteiger partial charge on any atom is 0.118 e. The van der Waals surface area contributed by atoms with Crippen molar-refractivity contribution in [1.29, 1.82) is 0 Å². The third-order valence-electron chi connectivity index (χ3n) is 5.50. The van der Waals surface area contributed by atoms with Crippen molar-refractivity contribution in [3.63, 3.8) is 0 Å². The van der Waals surface area contributed by atoms with Gasteiger partial charge in [0.2, 0.25) is 0 Å². The topological polar surface area (TPSA) is 25.8 Å². The summed E-state index contributed by atoms with van der Waals surface area (Å²) in [5, 5.41) is 4.11. The molecule has 0 amide bonds. The van der Waals surface area contributed by atoms with E-state index in [0.29, 0.717) is 0 Å². The lowest BCUT2D eigenvalue weighted by molar-refractivity contribution is -0.00000594. The average Bonchev–Trinajstić information content (AvgIpc) is 2.84. The molecule has 0 saturated heterocycles. The Hall–Kier alpha value is -3.06. The quantitative estimate of drug-likeness (QED) is 0.391. The van der Waals surface area contributed by atoms with Crippen molar-refractivity contribution >= 4 is 34.2 Å². The van der Waals surface area contributed by atoms with Gasteiger partial charge < -0.3 is 12.4 Å². The molecule has 0 N–H and O–H groups in total. The second-order valence-corrected chi connectivity index (χ2v) is 10.8. The normalized spacial score (nSPS) is 11.1. The highest BCUT2D eigenvalue weighted by Crippen LogP contribution is 2.57. The lowest BCUT2D eigenvalue weighted by Crippen LogP contribution is -3.00. The summed E-state index contributed by atoms with van der Waals surface area (Å²) in [7, 11) is -1.94. The van der Waals surface area contributed by atoms with Crippen molar-refractivity contribution in [2.75, 3.05) is 0 Å². The fourth-order valence-corrected chi connectivity index (χ4v) is 8.25. The smallest absolute Gasteiger partial charge is 0.118 e. The number of benzene rings is 3. The molecule has 0 aliphatic heterocycles. The van der Waals surface area contributed by atoms with E-state index in [1.807, 2.05) is 18.3 Å². The van der Waals surface area contributed by atoms with Crippen LogP contribution in [0.5, 0.6) is 0 Å². The Balaban J connectivity index is 0.00000231. The minimum Gasteiger partial charge on any atom is -1.00 e. The summed E-state index contributed by atoms with van der Waals surface area (Å²) in [4.78, 5) is 9.44. The van der Waals surface area contributed by atoms with Gasteiger partial charge in [0.05, 0.1) is 16.7 Å². The molecule has 152 valence electrons. The maximum atomic E-state index is 5.00. The van der Waals surface area contributed by atoms with Gasteiger partial charge in [-0.15, -0.1) is 0 Å². The zero-order valence-electron chi connectivity index (χ0n) is 17.0. The molecule has 5 aromatic rings. The fourth-order valence-electron chi connectivity index (χ4n) is 4.10. The van der Waals surface area contributed by atoms with E-state index in [4.69, 9.17) is 4.98 Å². The number of hydrogen-bond donors (Lipinski definition) is 0. The first-order chi connectivity index (χ1) is 14.9. The zero-order chi connectivity index (χ0) is 20.2. The predicted octanol–water partition coefficient (Wildman–Crippen LogP) is 2.13. The van der Waals surface area contributed by atoms with Crippen LogP contribution in [0.4, 0.5) is 0 Å². The van der Waals surface area contributed by atoms with Crippen molar-refractivity contribution in [2.24, 2.45) is 0 Å². The highest BCUT2D eigenvalue weighted by Gasteiger charge is 2.45. The maximum absolute atomic E-state index is 5.00. The molecule has 0 bridgehead atoms. The lowest BCUT2D eigenvalue weighted by atomic mass is 10.3. The molecule has 0 atom stereocenters. The molecule has 0 unspecified atom stereocenters. The summed E-state index contributed by atoms with van der Waals surface area (Å²) in [6.07, 6.45) is 2.69. The number of nitrogens with zero attached hydrogens (tertiary/aromatic N) is 2. The van der Waals surface area contributed by atoms with E-state index in [-0.39, 0.29) is 12.4 Å². The van der Waals surface area contributed by atoms with Crippen molar-refractivity contribution in [1.82, 2.24) is 9.97 Å². The molecule has 0 aliphatic rings. The highest BCUT2D eigenvalue weighted by atomic mass is 35.5. The minimum absolute atomic E-state index is 0. The van der Waals surface area contributed by atoms with Crippen LogP contribution in [0.1, 0.15) is 5.69 Å². The van der Waals surface area contributed by atoms with Gasteiger partial charge in [-0.2, -0.15) is 0 Å². The van der Waals surface area contributed by atoms with Gasteiger partial charge in [-0.05, 0) is 60.7 Å². The highest BCUT2D eigenvalue weighted by molar-refractivity contribution is 7.95. The number of fused-ring (bicyclic) bond motifs is 1. The van der Waals surface area contributed by atoms with Gasteiger partial charge in [-0.25, -0.2) is 4.98 Å². The summed E-state index contributed by atoms with van der Waals surface area (Å²) in [6.45, 7) is 0. The molecule has 0 saturated carbocycles. The fraction of sp³-hybridized carbons (Fsp3) is 0.0370. The Labute approximate surface area is 189 Å². The molecule has 0 radical (unpaired) electrons. The number of pyridine rings is 2. The SMILES string of the molecule is [Cl-].c1ccc([P+](Cc2ccc3ncccc3n2)(c2ccccc2)c2ccccc2)cc1. The third kappa shape index (κ3) is 4.10. The van der Waals surface area contributed by atoms with Crippen LogP contribution in [-0.2, 0) is 6.16 Å². The van der Waals surface area contributed by atoms with Crippen LogP contribution < -0.4 is 28.3 Å². The molecule has 0 aliphatic carbocycles. The molecule has 2 aromatic heterocycles. The Kier molecular flexibility index (Phi) is 6.42. The summed E-state index contributed by atoms with van der Waals surface area (Å²) in [6, 6.07) is 41.0. The summed E-state index contributed by atoms with van der Waals surface area (Å²) >= 11 is 0. The molecular weight excluding hydrogens is 419 g/mol.